The average Bonchev–Trinajstić information content (AvgIpc) is 2.28. The van der Waals surface area contributed by atoms with Gasteiger partial charge in [0.1, 0.15) is 0 Å². The van der Waals surface area contributed by atoms with Crippen LogP contribution in [-0.4, -0.2) is 5.78 Å². The molecule has 2 aromatic rings. The second-order valence-corrected chi connectivity index (χ2v) is 4.55. The Morgan fingerprint density at radius 3 is 1.94 bits per heavy atom. The second-order valence-electron chi connectivity index (χ2n) is 3.74. The van der Waals surface area contributed by atoms with E-state index >= 15 is 0 Å². The molecule has 17 heavy (non-hydrogen) atoms. The molecule has 0 spiro atoms. The number of hydrogen-bond acceptors (Lipinski definition) is 1. The number of carbonyl (C=O) groups is 1. The Morgan fingerprint density at radius 1 is 0.941 bits per heavy atom. The van der Waals surface area contributed by atoms with Crippen LogP contribution in [0.25, 0.3) is 11.1 Å². The van der Waals surface area contributed by atoms with E-state index < -0.39 is 0 Å². The van der Waals surface area contributed by atoms with Gasteiger partial charge in [-0.05, 0) is 30.2 Å². The topological polar surface area (TPSA) is 17.1 Å². The quantitative estimate of drug-likeness (QED) is 0.708. The van der Waals surface area contributed by atoms with E-state index in [1.54, 1.807) is 12.1 Å². The minimum absolute atomic E-state index is 0.125. The molecular formula is C14H10Cl2O. The van der Waals surface area contributed by atoms with Crippen LogP contribution in [0, 0.1) is 0 Å². The fourth-order valence-corrected chi connectivity index (χ4v) is 2.46. The summed E-state index contributed by atoms with van der Waals surface area (Å²) >= 11 is 12.1. The Hall–Kier alpha value is -1.31. The summed E-state index contributed by atoms with van der Waals surface area (Å²) < 4.78 is 0. The van der Waals surface area contributed by atoms with Crippen LogP contribution < -0.4 is 0 Å². The molecule has 86 valence electrons. The van der Waals surface area contributed by atoms with Gasteiger partial charge in [0.05, 0.1) is 15.6 Å². The van der Waals surface area contributed by atoms with Gasteiger partial charge in [0.15, 0.2) is 5.78 Å². The number of rotatable bonds is 2. The fraction of sp³-hybridized carbons (Fsp3) is 0.0714. The molecule has 0 N–H and O–H groups in total. The molecule has 0 saturated carbocycles. The molecular weight excluding hydrogens is 255 g/mol. The standard InChI is InChI=1S/C14H10Cl2O/c1-9(17)14-12(15)7-11(8-13(14)16)10-5-3-2-4-6-10/h2-8H,1H3. The van der Waals surface area contributed by atoms with Gasteiger partial charge in [-0.1, -0.05) is 53.5 Å². The van der Waals surface area contributed by atoms with Crippen molar-refractivity contribution in [3.8, 4) is 11.1 Å². The van der Waals surface area contributed by atoms with Crippen molar-refractivity contribution in [2.45, 2.75) is 6.92 Å². The summed E-state index contributed by atoms with van der Waals surface area (Å²) in [6.45, 7) is 1.45. The van der Waals surface area contributed by atoms with Crippen molar-refractivity contribution >= 4 is 29.0 Å². The predicted molar refractivity (Wildman–Crippen MR) is 71.9 cm³/mol. The van der Waals surface area contributed by atoms with Gasteiger partial charge in [-0.3, -0.25) is 4.79 Å². The van der Waals surface area contributed by atoms with Crippen molar-refractivity contribution in [3.05, 3.63) is 58.1 Å². The Morgan fingerprint density at radius 2 is 1.47 bits per heavy atom. The maximum atomic E-state index is 11.4. The normalized spacial score (nSPS) is 10.3. The maximum Gasteiger partial charge on any atom is 0.162 e. The van der Waals surface area contributed by atoms with Crippen LogP contribution in [0.15, 0.2) is 42.5 Å². The molecule has 0 atom stereocenters. The molecule has 0 aromatic heterocycles. The summed E-state index contributed by atoms with van der Waals surface area (Å²) in [4.78, 5) is 11.4. The lowest BCUT2D eigenvalue weighted by atomic mass is 10.0. The second kappa shape index (κ2) is 4.91. The van der Waals surface area contributed by atoms with E-state index in [-0.39, 0.29) is 5.78 Å². The zero-order valence-electron chi connectivity index (χ0n) is 9.21. The van der Waals surface area contributed by atoms with Gasteiger partial charge in [0.2, 0.25) is 0 Å². The SMILES string of the molecule is CC(=O)c1c(Cl)cc(-c2ccccc2)cc1Cl. The average molecular weight is 265 g/mol. The highest BCUT2D eigenvalue weighted by molar-refractivity contribution is 6.40. The highest BCUT2D eigenvalue weighted by atomic mass is 35.5. The van der Waals surface area contributed by atoms with Crippen LogP contribution in [0.1, 0.15) is 17.3 Å². The lowest BCUT2D eigenvalue weighted by molar-refractivity contribution is 0.101. The zero-order valence-corrected chi connectivity index (χ0v) is 10.7. The van der Waals surface area contributed by atoms with E-state index in [9.17, 15) is 4.79 Å². The summed E-state index contributed by atoms with van der Waals surface area (Å²) in [5.74, 6) is -0.125. The van der Waals surface area contributed by atoms with Crippen molar-refractivity contribution < 1.29 is 4.79 Å². The number of benzene rings is 2. The predicted octanol–water partition coefficient (Wildman–Crippen LogP) is 4.86. The molecule has 0 saturated heterocycles. The summed E-state index contributed by atoms with van der Waals surface area (Å²) in [6, 6.07) is 13.3. The van der Waals surface area contributed by atoms with Gasteiger partial charge in [-0.15, -0.1) is 0 Å². The van der Waals surface area contributed by atoms with Crippen LogP contribution in [0.4, 0.5) is 0 Å². The molecule has 3 heteroatoms. The van der Waals surface area contributed by atoms with Crippen molar-refractivity contribution in [1.29, 1.82) is 0 Å². The first-order valence-electron chi connectivity index (χ1n) is 5.15. The largest absolute Gasteiger partial charge is 0.294 e. The summed E-state index contributed by atoms with van der Waals surface area (Å²) in [5.41, 5.74) is 2.31. The number of ketones is 1. The van der Waals surface area contributed by atoms with Gasteiger partial charge < -0.3 is 0 Å². The minimum atomic E-state index is -0.125. The summed E-state index contributed by atoms with van der Waals surface area (Å²) in [6.07, 6.45) is 0. The van der Waals surface area contributed by atoms with Crippen LogP contribution >= 0.6 is 23.2 Å². The van der Waals surface area contributed by atoms with Crippen LogP contribution in [0.2, 0.25) is 10.0 Å². The third-order valence-corrected chi connectivity index (χ3v) is 3.10. The molecule has 1 nitrogen and oxygen atoms in total. The van der Waals surface area contributed by atoms with E-state index in [0.29, 0.717) is 15.6 Å². The zero-order chi connectivity index (χ0) is 12.4. The third-order valence-electron chi connectivity index (χ3n) is 2.50. The molecule has 0 aliphatic heterocycles. The maximum absolute atomic E-state index is 11.4. The number of halogens is 2. The monoisotopic (exact) mass is 264 g/mol. The van der Waals surface area contributed by atoms with Crippen molar-refractivity contribution in [3.63, 3.8) is 0 Å². The highest BCUT2D eigenvalue weighted by Crippen LogP contribution is 2.31. The first kappa shape index (κ1) is 12.2. The molecule has 0 fully saturated rings. The van der Waals surface area contributed by atoms with Gasteiger partial charge in [-0.2, -0.15) is 0 Å². The Labute approximate surface area is 110 Å². The first-order valence-corrected chi connectivity index (χ1v) is 5.90. The lowest BCUT2D eigenvalue weighted by Crippen LogP contribution is -1.95. The summed E-state index contributed by atoms with van der Waals surface area (Å²) in [7, 11) is 0. The van der Waals surface area contributed by atoms with Gasteiger partial charge in [-0.25, -0.2) is 0 Å². The van der Waals surface area contributed by atoms with Crippen LogP contribution in [0.5, 0.6) is 0 Å². The van der Waals surface area contributed by atoms with Crippen LogP contribution in [-0.2, 0) is 0 Å². The molecule has 2 aromatic carbocycles. The van der Waals surface area contributed by atoms with E-state index in [1.165, 1.54) is 6.92 Å². The molecule has 0 bridgehead atoms. The molecule has 0 heterocycles. The highest BCUT2D eigenvalue weighted by Gasteiger charge is 2.12. The smallest absolute Gasteiger partial charge is 0.162 e. The Bertz CT molecular complexity index is 539. The molecule has 0 aliphatic carbocycles. The van der Waals surface area contributed by atoms with E-state index in [4.69, 9.17) is 23.2 Å². The number of carbonyl (C=O) groups excluding carboxylic acids is 1. The Kier molecular flexibility index (Phi) is 3.51. The molecule has 0 aliphatic rings. The molecule has 2 rings (SSSR count). The minimum Gasteiger partial charge on any atom is -0.294 e. The van der Waals surface area contributed by atoms with Gasteiger partial charge in [0, 0.05) is 0 Å². The van der Waals surface area contributed by atoms with E-state index in [2.05, 4.69) is 0 Å². The van der Waals surface area contributed by atoms with Crippen molar-refractivity contribution in [1.82, 2.24) is 0 Å². The number of hydrogen-bond donors (Lipinski definition) is 0. The lowest BCUT2D eigenvalue weighted by Gasteiger charge is -2.07. The molecule has 0 unspecified atom stereocenters. The van der Waals surface area contributed by atoms with E-state index in [1.807, 2.05) is 30.3 Å². The molecule has 0 radical (unpaired) electrons. The number of Topliss-reactive ketones (excluding diaryl/α,β-unsaturated/α-hetero) is 1. The fourth-order valence-electron chi connectivity index (χ4n) is 1.71. The third kappa shape index (κ3) is 2.51. The van der Waals surface area contributed by atoms with E-state index in [0.717, 1.165) is 11.1 Å². The van der Waals surface area contributed by atoms with Crippen molar-refractivity contribution in [2.24, 2.45) is 0 Å². The summed E-state index contributed by atoms with van der Waals surface area (Å²) in [5, 5.41) is 0.785. The van der Waals surface area contributed by atoms with Crippen molar-refractivity contribution in [2.75, 3.05) is 0 Å². The van der Waals surface area contributed by atoms with Crippen LogP contribution in [0.3, 0.4) is 0 Å². The van der Waals surface area contributed by atoms with Gasteiger partial charge >= 0.3 is 0 Å². The Balaban J connectivity index is 2.57. The van der Waals surface area contributed by atoms with Gasteiger partial charge in [0.25, 0.3) is 0 Å². The first-order chi connectivity index (χ1) is 8.09. The molecule has 0 amide bonds.